The quantitative estimate of drug-likeness (QED) is 0.560. The van der Waals surface area contributed by atoms with Gasteiger partial charge >= 0.3 is 5.97 Å². The van der Waals surface area contributed by atoms with Crippen molar-refractivity contribution in [2.24, 2.45) is 17.8 Å². The molecule has 4 saturated carbocycles. The first-order valence-corrected chi connectivity index (χ1v) is 10.9. The number of aryl methyl sites for hydroxylation is 2. The van der Waals surface area contributed by atoms with Gasteiger partial charge in [0.2, 0.25) is 0 Å². The molecule has 1 amide bonds. The molecule has 4 aliphatic rings. The first kappa shape index (κ1) is 20.1. The van der Waals surface area contributed by atoms with E-state index in [0.717, 1.165) is 48.1 Å². The fourth-order valence-corrected chi connectivity index (χ4v) is 6.20. The number of rotatable bonds is 7. The molecule has 4 aliphatic carbocycles. The van der Waals surface area contributed by atoms with Crippen molar-refractivity contribution < 1.29 is 19.1 Å². The van der Waals surface area contributed by atoms with E-state index in [-0.39, 0.29) is 36.7 Å². The van der Waals surface area contributed by atoms with Crippen molar-refractivity contribution in [3.8, 4) is 0 Å². The minimum Gasteiger partial charge on any atom is -0.456 e. The number of ketones is 1. The summed E-state index contributed by atoms with van der Waals surface area (Å²) in [5.41, 5.74) is 2.50. The first-order chi connectivity index (χ1) is 13.8. The summed E-state index contributed by atoms with van der Waals surface area (Å²) in [5, 5.41) is 3.20. The van der Waals surface area contributed by atoms with Crippen molar-refractivity contribution in [3.05, 3.63) is 34.9 Å². The van der Waals surface area contributed by atoms with Crippen molar-refractivity contribution >= 4 is 17.7 Å². The number of hydrogen-bond donors (Lipinski definition) is 1. The molecule has 1 aromatic carbocycles. The molecule has 1 aromatic rings. The molecule has 1 N–H and O–H groups in total. The summed E-state index contributed by atoms with van der Waals surface area (Å²) in [4.78, 5) is 36.9. The number of amides is 1. The molecule has 5 nitrogen and oxygen atoms in total. The number of Topliss-reactive ketones (excluding diaryl/α,β-unsaturated/α-hetero) is 1. The fraction of sp³-hybridized carbons (Fsp3) is 0.625. The molecule has 29 heavy (non-hydrogen) atoms. The van der Waals surface area contributed by atoms with E-state index < -0.39 is 5.97 Å². The maximum absolute atomic E-state index is 12.4. The van der Waals surface area contributed by atoms with Crippen LogP contribution in [0.1, 0.15) is 72.9 Å². The molecule has 4 bridgehead atoms. The Bertz CT molecular complexity index is 793. The second-order valence-electron chi connectivity index (χ2n) is 9.65. The normalized spacial score (nSPS) is 29.5. The van der Waals surface area contributed by atoms with E-state index in [0.29, 0.717) is 5.56 Å². The van der Waals surface area contributed by atoms with Crippen LogP contribution in [0.25, 0.3) is 0 Å². The molecule has 5 heteroatoms. The van der Waals surface area contributed by atoms with Crippen molar-refractivity contribution in [1.29, 1.82) is 0 Å². The van der Waals surface area contributed by atoms with Gasteiger partial charge in [0.25, 0.3) is 5.91 Å². The van der Waals surface area contributed by atoms with E-state index in [9.17, 15) is 14.4 Å². The highest BCUT2D eigenvalue weighted by molar-refractivity contribution is 5.99. The number of hydrogen-bond acceptors (Lipinski definition) is 4. The van der Waals surface area contributed by atoms with E-state index >= 15 is 0 Å². The van der Waals surface area contributed by atoms with Gasteiger partial charge in [-0.05, 0) is 81.8 Å². The molecule has 4 fully saturated rings. The van der Waals surface area contributed by atoms with Gasteiger partial charge in [-0.3, -0.25) is 14.4 Å². The zero-order chi connectivity index (χ0) is 20.6. The molecule has 0 atom stereocenters. The average Bonchev–Trinajstić information content (AvgIpc) is 2.65. The van der Waals surface area contributed by atoms with Crippen LogP contribution in [-0.4, -0.2) is 29.8 Å². The Balaban J connectivity index is 1.22. The van der Waals surface area contributed by atoms with Gasteiger partial charge in [0.05, 0.1) is 6.42 Å². The predicted molar refractivity (Wildman–Crippen MR) is 109 cm³/mol. The summed E-state index contributed by atoms with van der Waals surface area (Å²) in [7, 11) is 0. The summed E-state index contributed by atoms with van der Waals surface area (Å²) in [6.45, 7) is 3.57. The van der Waals surface area contributed by atoms with Gasteiger partial charge in [0, 0.05) is 17.5 Å². The number of benzene rings is 1. The van der Waals surface area contributed by atoms with Gasteiger partial charge in [0.1, 0.15) is 0 Å². The van der Waals surface area contributed by atoms with Crippen LogP contribution < -0.4 is 5.32 Å². The predicted octanol–water partition coefficient (Wildman–Crippen LogP) is 3.89. The number of carbonyl (C=O) groups excluding carboxylic acids is 3. The highest BCUT2D eigenvalue weighted by Gasteiger charge is 2.51. The third kappa shape index (κ3) is 4.54. The summed E-state index contributed by atoms with van der Waals surface area (Å²) < 4.78 is 5.15. The maximum Gasteiger partial charge on any atom is 0.306 e. The van der Waals surface area contributed by atoms with Crippen LogP contribution in [0.3, 0.4) is 0 Å². The Kier molecular flexibility index (Phi) is 5.50. The number of carbonyl (C=O) groups is 3. The van der Waals surface area contributed by atoms with Gasteiger partial charge in [-0.15, -0.1) is 0 Å². The monoisotopic (exact) mass is 397 g/mol. The smallest absolute Gasteiger partial charge is 0.306 e. The van der Waals surface area contributed by atoms with Gasteiger partial charge in [-0.25, -0.2) is 0 Å². The highest BCUT2D eigenvalue weighted by atomic mass is 16.5. The van der Waals surface area contributed by atoms with Crippen molar-refractivity contribution in [3.63, 3.8) is 0 Å². The number of esters is 1. The molecule has 0 heterocycles. The summed E-state index contributed by atoms with van der Waals surface area (Å²) in [5.74, 6) is 1.48. The summed E-state index contributed by atoms with van der Waals surface area (Å²) >= 11 is 0. The Morgan fingerprint density at radius 2 is 1.62 bits per heavy atom. The van der Waals surface area contributed by atoms with E-state index in [1.54, 1.807) is 0 Å². The van der Waals surface area contributed by atoms with E-state index in [4.69, 9.17) is 4.74 Å². The van der Waals surface area contributed by atoms with Crippen LogP contribution in [0, 0.1) is 31.6 Å². The fourth-order valence-electron chi connectivity index (χ4n) is 6.20. The van der Waals surface area contributed by atoms with Crippen LogP contribution in [-0.2, 0) is 14.3 Å². The van der Waals surface area contributed by atoms with E-state index in [1.165, 1.54) is 19.3 Å². The molecule has 0 spiro atoms. The van der Waals surface area contributed by atoms with Gasteiger partial charge in [0.15, 0.2) is 12.4 Å². The van der Waals surface area contributed by atoms with Crippen LogP contribution in [0.4, 0.5) is 0 Å². The molecule has 5 rings (SSSR count). The summed E-state index contributed by atoms with van der Waals surface area (Å²) in [6, 6.07) is 5.72. The van der Waals surface area contributed by atoms with Crippen LogP contribution in [0.5, 0.6) is 0 Å². The van der Waals surface area contributed by atoms with Gasteiger partial charge in [-0.1, -0.05) is 17.7 Å². The third-order valence-corrected chi connectivity index (χ3v) is 7.06. The molecule has 0 radical (unpaired) electrons. The Labute approximate surface area is 172 Å². The lowest BCUT2D eigenvalue weighted by Gasteiger charge is -2.56. The SMILES string of the molecule is Cc1ccc(C)c(C(=O)CCC(=O)OCC(=O)NC23CC4CC(CC(C4)C2)C3)c1. The third-order valence-electron chi connectivity index (χ3n) is 7.06. The van der Waals surface area contributed by atoms with E-state index in [2.05, 4.69) is 5.32 Å². The minimum absolute atomic E-state index is 0.00311. The number of nitrogens with one attached hydrogen (secondary N) is 1. The molecule has 0 unspecified atom stereocenters. The zero-order valence-corrected chi connectivity index (χ0v) is 17.5. The molecule has 0 aromatic heterocycles. The standard InChI is InChI=1S/C24H31NO4/c1-15-3-4-16(2)20(7-15)21(26)5-6-23(28)29-14-22(27)25-24-11-17-8-18(12-24)10-19(9-17)13-24/h3-4,7,17-19H,5-6,8-14H2,1-2H3,(H,25,27). The first-order valence-electron chi connectivity index (χ1n) is 10.9. The lowest BCUT2D eigenvalue weighted by Crippen LogP contribution is -2.60. The van der Waals surface area contributed by atoms with Crippen molar-refractivity contribution in [1.82, 2.24) is 5.32 Å². The molecule has 156 valence electrons. The average molecular weight is 398 g/mol. The van der Waals surface area contributed by atoms with Crippen LogP contribution in [0.2, 0.25) is 0 Å². The Hall–Kier alpha value is -2.17. The van der Waals surface area contributed by atoms with Gasteiger partial charge in [-0.2, -0.15) is 0 Å². The maximum atomic E-state index is 12.4. The van der Waals surface area contributed by atoms with Crippen molar-refractivity contribution in [2.75, 3.05) is 6.61 Å². The van der Waals surface area contributed by atoms with Crippen molar-refractivity contribution in [2.45, 2.75) is 70.8 Å². The Morgan fingerprint density at radius 3 is 2.24 bits per heavy atom. The second-order valence-corrected chi connectivity index (χ2v) is 9.65. The number of ether oxygens (including phenoxy) is 1. The molecular weight excluding hydrogens is 366 g/mol. The largest absolute Gasteiger partial charge is 0.456 e. The Morgan fingerprint density at radius 1 is 1.00 bits per heavy atom. The van der Waals surface area contributed by atoms with Gasteiger partial charge < -0.3 is 10.1 Å². The lowest BCUT2D eigenvalue weighted by atomic mass is 9.53. The van der Waals surface area contributed by atoms with E-state index in [1.807, 2.05) is 32.0 Å². The highest BCUT2D eigenvalue weighted by Crippen LogP contribution is 2.55. The lowest BCUT2D eigenvalue weighted by molar-refractivity contribution is -0.150. The molecule has 0 aliphatic heterocycles. The minimum atomic E-state index is -0.496. The summed E-state index contributed by atoms with van der Waals surface area (Å²) in [6.07, 6.45) is 7.27. The topological polar surface area (TPSA) is 72.5 Å². The molecule has 0 saturated heterocycles. The second kappa shape index (κ2) is 7.92. The van der Waals surface area contributed by atoms with Crippen LogP contribution in [0.15, 0.2) is 18.2 Å². The molecular formula is C24H31NO4. The van der Waals surface area contributed by atoms with Crippen LogP contribution >= 0.6 is 0 Å². The zero-order valence-electron chi connectivity index (χ0n) is 17.5.